The molecule has 1 aliphatic rings. The van der Waals surface area contributed by atoms with Gasteiger partial charge in [0.05, 0.1) is 29.1 Å². The monoisotopic (exact) mass is 477 g/mol. The summed E-state index contributed by atoms with van der Waals surface area (Å²) in [7, 11) is 0. The summed E-state index contributed by atoms with van der Waals surface area (Å²) in [4.78, 5) is 27.1. The number of carbonyl (C=O) groups is 2. The molecule has 0 aromatic heterocycles. The summed E-state index contributed by atoms with van der Waals surface area (Å²) in [6.45, 7) is 6.04. The summed E-state index contributed by atoms with van der Waals surface area (Å²) in [6, 6.07) is 11.4. The highest BCUT2D eigenvalue weighted by Crippen LogP contribution is 2.34. The van der Waals surface area contributed by atoms with E-state index in [0.717, 1.165) is 0 Å². The number of hydrogen-bond donors (Lipinski definition) is 2. The van der Waals surface area contributed by atoms with Crippen LogP contribution in [0.25, 0.3) is 0 Å². The van der Waals surface area contributed by atoms with E-state index in [1.54, 1.807) is 51.1 Å². The van der Waals surface area contributed by atoms with Crippen LogP contribution in [0.5, 0.6) is 0 Å². The Kier molecular flexibility index (Phi) is 7.81. The smallest absolute Gasteiger partial charge is 0.410 e. The molecule has 0 saturated carbocycles. The molecular weight excluding hydrogens is 449 g/mol. The summed E-state index contributed by atoms with van der Waals surface area (Å²) in [5.41, 5.74) is 6.74. The first-order valence-electron chi connectivity index (χ1n) is 10.7. The minimum atomic E-state index is -0.666. The Morgan fingerprint density at radius 3 is 2.67 bits per heavy atom. The fourth-order valence-electron chi connectivity index (χ4n) is 3.67. The van der Waals surface area contributed by atoms with Crippen molar-refractivity contribution in [1.82, 2.24) is 4.90 Å². The van der Waals surface area contributed by atoms with Gasteiger partial charge in [-0.25, -0.2) is 9.18 Å². The van der Waals surface area contributed by atoms with Crippen LogP contribution < -0.4 is 11.1 Å². The van der Waals surface area contributed by atoms with Crippen molar-refractivity contribution in [3.8, 4) is 0 Å². The maximum absolute atomic E-state index is 14.2. The van der Waals surface area contributed by atoms with E-state index >= 15 is 0 Å². The van der Waals surface area contributed by atoms with Crippen LogP contribution in [0.15, 0.2) is 42.5 Å². The molecule has 3 rings (SSSR count). The van der Waals surface area contributed by atoms with Gasteiger partial charge in [0.15, 0.2) is 0 Å². The molecule has 0 unspecified atom stereocenters. The fourth-order valence-corrected chi connectivity index (χ4v) is 3.79. The average molecular weight is 478 g/mol. The average Bonchev–Trinajstić information content (AvgIpc) is 2.93. The molecule has 9 heteroatoms. The number of anilines is 2. The molecular formula is C24H29ClFN3O4. The number of benzene rings is 2. The number of nitrogens with one attached hydrogen (secondary N) is 1. The van der Waals surface area contributed by atoms with Gasteiger partial charge >= 0.3 is 6.09 Å². The van der Waals surface area contributed by atoms with Gasteiger partial charge in [-0.1, -0.05) is 29.8 Å². The molecule has 0 aliphatic carbocycles. The third kappa shape index (κ3) is 6.82. The van der Waals surface area contributed by atoms with E-state index in [1.165, 1.54) is 17.0 Å². The highest BCUT2D eigenvalue weighted by molar-refractivity contribution is 6.30. The van der Waals surface area contributed by atoms with Gasteiger partial charge in [-0.15, -0.1) is 0 Å². The van der Waals surface area contributed by atoms with E-state index in [9.17, 15) is 14.0 Å². The van der Waals surface area contributed by atoms with Gasteiger partial charge in [0.1, 0.15) is 11.4 Å². The van der Waals surface area contributed by atoms with Crippen LogP contribution in [0.2, 0.25) is 5.02 Å². The Morgan fingerprint density at radius 2 is 2.00 bits per heavy atom. The molecule has 3 N–H and O–H groups in total. The molecule has 2 aromatic rings. The Bertz CT molecular complexity index is 1010. The lowest BCUT2D eigenvalue weighted by atomic mass is 9.91. The van der Waals surface area contributed by atoms with Crippen molar-refractivity contribution in [3.63, 3.8) is 0 Å². The zero-order valence-electron chi connectivity index (χ0n) is 18.9. The van der Waals surface area contributed by atoms with Gasteiger partial charge in [0.25, 0.3) is 0 Å². The van der Waals surface area contributed by atoms with Crippen LogP contribution in [0.4, 0.5) is 20.6 Å². The normalized spacial score (nSPS) is 19.0. The topological polar surface area (TPSA) is 93.9 Å². The largest absolute Gasteiger partial charge is 0.444 e. The Hall–Kier alpha value is -2.84. The maximum Gasteiger partial charge on any atom is 0.410 e. The zero-order chi connectivity index (χ0) is 24.2. The molecule has 2 aromatic carbocycles. The van der Waals surface area contributed by atoms with Crippen molar-refractivity contribution in [2.24, 2.45) is 5.92 Å². The predicted octanol–water partition coefficient (Wildman–Crippen LogP) is 5.01. The van der Waals surface area contributed by atoms with Gasteiger partial charge in [-0.3, -0.25) is 4.79 Å². The molecule has 33 heavy (non-hydrogen) atoms. The number of para-hydroxylation sites is 2. The van der Waals surface area contributed by atoms with Gasteiger partial charge in [0, 0.05) is 25.4 Å². The van der Waals surface area contributed by atoms with E-state index in [-0.39, 0.29) is 37.0 Å². The lowest BCUT2D eigenvalue weighted by molar-refractivity contribution is -0.118. The first kappa shape index (κ1) is 24.8. The van der Waals surface area contributed by atoms with Crippen LogP contribution in [-0.4, -0.2) is 42.2 Å². The van der Waals surface area contributed by atoms with Gasteiger partial charge in [-0.05, 0) is 50.6 Å². The Labute approximate surface area is 198 Å². The van der Waals surface area contributed by atoms with Gasteiger partial charge in [-0.2, -0.15) is 0 Å². The van der Waals surface area contributed by atoms with Crippen molar-refractivity contribution in [3.05, 3.63) is 58.9 Å². The number of nitrogens with zero attached hydrogens (tertiary/aromatic N) is 1. The van der Waals surface area contributed by atoms with Crippen LogP contribution in [-0.2, 0) is 14.3 Å². The summed E-state index contributed by atoms with van der Waals surface area (Å²) < 4.78 is 25.7. The first-order chi connectivity index (χ1) is 15.5. The van der Waals surface area contributed by atoms with Crippen molar-refractivity contribution in [2.75, 3.05) is 30.7 Å². The second-order valence-electron chi connectivity index (χ2n) is 8.99. The molecule has 0 bridgehead atoms. The van der Waals surface area contributed by atoms with Crippen LogP contribution in [0.1, 0.15) is 38.9 Å². The highest BCUT2D eigenvalue weighted by atomic mass is 35.5. The van der Waals surface area contributed by atoms with Crippen molar-refractivity contribution in [2.45, 2.75) is 38.9 Å². The molecule has 1 aliphatic heterocycles. The van der Waals surface area contributed by atoms with Crippen molar-refractivity contribution < 1.29 is 23.5 Å². The van der Waals surface area contributed by atoms with E-state index in [1.807, 2.05) is 0 Å². The number of carbonyl (C=O) groups excluding carboxylic acids is 2. The van der Waals surface area contributed by atoms with E-state index in [4.69, 9.17) is 26.8 Å². The minimum absolute atomic E-state index is 0.00315. The lowest BCUT2D eigenvalue weighted by Gasteiger charge is -2.29. The lowest BCUT2D eigenvalue weighted by Crippen LogP contribution is -2.40. The summed E-state index contributed by atoms with van der Waals surface area (Å²) in [5, 5.41) is 2.80. The third-order valence-electron chi connectivity index (χ3n) is 5.15. The number of halogens is 2. The maximum atomic E-state index is 14.2. The Balaban J connectivity index is 1.84. The van der Waals surface area contributed by atoms with E-state index in [2.05, 4.69) is 5.32 Å². The van der Waals surface area contributed by atoms with Gasteiger partial charge in [0.2, 0.25) is 5.91 Å². The standard InChI is InChI=1S/C24H29ClFN3O4/c1-24(2,3)33-23(31)29-10-11-32-22(15-8-9-17(25)18(26)12-15)16(14-29)13-21(30)28-20-7-5-4-6-19(20)27/h4-9,12,16,22H,10-11,13-14,27H2,1-3H3,(H,28,30)/t16-,22+/m1/s1. The fraction of sp³-hybridized carbons (Fsp3) is 0.417. The number of nitrogen functional groups attached to an aromatic ring is 1. The van der Waals surface area contributed by atoms with Crippen molar-refractivity contribution in [1.29, 1.82) is 0 Å². The Morgan fingerprint density at radius 1 is 1.27 bits per heavy atom. The molecule has 2 atom stereocenters. The van der Waals surface area contributed by atoms with E-state index < -0.39 is 29.5 Å². The second kappa shape index (κ2) is 10.4. The third-order valence-corrected chi connectivity index (χ3v) is 5.45. The first-order valence-corrected chi connectivity index (χ1v) is 11.1. The minimum Gasteiger partial charge on any atom is -0.444 e. The second-order valence-corrected chi connectivity index (χ2v) is 9.40. The SMILES string of the molecule is CC(C)(C)OC(=O)N1CCO[C@@H](c2ccc(Cl)c(F)c2)[C@H](CC(=O)Nc2ccccc2N)C1. The number of hydrogen-bond acceptors (Lipinski definition) is 5. The molecule has 178 valence electrons. The van der Waals surface area contributed by atoms with Crippen LogP contribution in [0.3, 0.4) is 0 Å². The van der Waals surface area contributed by atoms with Crippen LogP contribution >= 0.6 is 11.6 Å². The zero-order valence-corrected chi connectivity index (χ0v) is 19.7. The van der Waals surface area contributed by atoms with E-state index in [0.29, 0.717) is 16.9 Å². The number of nitrogens with two attached hydrogens (primary N) is 1. The molecule has 0 radical (unpaired) electrons. The molecule has 2 amide bonds. The quantitative estimate of drug-likeness (QED) is 0.603. The summed E-state index contributed by atoms with van der Waals surface area (Å²) in [6.07, 6.45) is -1.10. The summed E-state index contributed by atoms with van der Waals surface area (Å²) in [5.74, 6) is -1.34. The number of ether oxygens (including phenoxy) is 2. The number of rotatable bonds is 4. The predicted molar refractivity (Wildman–Crippen MR) is 126 cm³/mol. The molecule has 1 heterocycles. The summed E-state index contributed by atoms with van der Waals surface area (Å²) >= 11 is 5.84. The van der Waals surface area contributed by atoms with Crippen molar-refractivity contribution >= 4 is 35.0 Å². The molecule has 7 nitrogen and oxygen atoms in total. The van der Waals surface area contributed by atoms with Gasteiger partial charge < -0.3 is 25.4 Å². The molecule has 1 saturated heterocycles. The molecule has 0 spiro atoms. The molecule has 1 fully saturated rings. The number of amides is 2. The van der Waals surface area contributed by atoms with Crippen LogP contribution in [0, 0.1) is 11.7 Å². The highest BCUT2D eigenvalue weighted by Gasteiger charge is 2.34.